The molecule has 3 nitrogen and oxygen atoms in total. The van der Waals surface area contributed by atoms with Gasteiger partial charge in [0.15, 0.2) is 0 Å². The molecule has 1 aromatic carbocycles. The van der Waals surface area contributed by atoms with Crippen LogP contribution in [0.3, 0.4) is 0 Å². The molecule has 1 fully saturated rings. The van der Waals surface area contributed by atoms with E-state index in [4.69, 9.17) is 0 Å². The van der Waals surface area contributed by atoms with Gasteiger partial charge in [-0.05, 0) is 5.56 Å². The van der Waals surface area contributed by atoms with E-state index in [9.17, 15) is 18.0 Å². The molecule has 1 aliphatic heterocycles. The van der Waals surface area contributed by atoms with Crippen molar-refractivity contribution in [1.29, 1.82) is 0 Å². The molecular formula is C14H16F3NO2S. The summed E-state index contributed by atoms with van der Waals surface area (Å²) in [4.78, 5) is 13.3. The van der Waals surface area contributed by atoms with Gasteiger partial charge in [0.05, 0.1) is 11.9 Å². The third-order valence-electron chi connectivity index (χ3n) is 3.02. The summed E-state index contributed by atoms with van der Waals surface area (Å²) in [6.45, 7) is -0.746. The predicted molar refractivity (Wildman–Crippen MR) is 75.0 cm³/mol. The van der Waals surface area contributed by atoms with Crippen LogP contribution >= 0.6 is 11.8 Å². The number of hydrogen-bond donors (Lipinski definition) is 0. The van der Waals surface area contributed by atoms with Crippen LogP contribution in [0.4, 0.5) is 13.2 Å². The number of likely N-dealkylation sites (tertiary alicyclic amines) is 1. The zero-order valence-corrected chi connectivity index (χ0v) is 12.1. The van der Waals surface area contributed by atoms with E-state index in [0.717, 1.165) is 11.3 Å². The number of benzene rings is 1. The number of ether oxygens (including phenoxy) is 1. The first-order chi connectivity index (χ1) is 9.94. The molecule has 0 atom stereocenters. The Bertz CT molecular complexity index is 461. The van der Waals surface area contributed by atoms with Gasteiger partial charge in [0.1, 0.15) is 6.61 Å². The fourth-order valence-electron chi connectivity index (χ4n) is 1.88. The summed E-state index contributed by atoms with van der Waals surface area (Å²) in [6.07, 6.45) is -4.80. The van der Waals surface area contributed by atoms with Gasteiger partial charge in [-0.15, -0.1) is 11.8 Å². The predicted octanol–water partition coefficient (Wildman–Crippen LogP) is 2.71. The van der Waals surface area contributed by atoms with Crippen molar-refractivity contribution in [2.45, 2.75) is 18.0 Å². The molecule has 0 aromatic heterocycles. The van der Waals surface area contributed by atoms with Crippen molar-refractivity contribution in [2.24, 2.45) is 0 Å². The number of nitrogens with zero attached hydrogens (tertiary/aromatic N) is 1. The second-order valence-electron chi connectivity index (χ2n) is 4.83. The van der Waals surface area contributed by atoms with Crippen LogP contribution in [0.15, 0.2) is 30.3 Å². The first-order valence-corrected chi connectivity index (χ1v) is 7.67. The number of hydrogen-bond acceptors (Lipinski definition) is 3. The molecule has 1 saturated heterocycles. The lowest BCUT2D eigenvalue weighted by Crippen LogP contribution is -2.55. The van der Waals surface area contributed by atoms with E-state index in [1.807, 2.05) is 30.3 Å². The van der Waals surface area contributed by atoms with Crippen molar-refractivity contribution in [3.8, 4) is 0 Å². The number of halogens is 3. The third-order valence-corrected chi connectivity index (χ3v) is 4.01. The van der Waals surface area contributed by atoms with Gasteiger partial charge in [0.2, 0.25) is 5.91 Å². The van der Waals surface area contributed by atoms with Gasteiger partial charge in [-0.25, -0.2) is 0 Å². The molecule has 0 radical (unpaired) electrons. The Morgan fingerprint density at radius 2 is 1.95 bits per heavy atom. The second kappa shape index (κ2) is 7.17. The molecule has 1 amide bonds. The lowest BCUT2D eigenvalue weighted by molar-refractivity contribution is -0.199. The van der Waals surface area contributed by atoms with Crippen molar-refractivity contribution in [3.63, 3.8) is 0 Å². The third kappa shape index (κ3) is 5.59. The lowest BCUT2D eigenvalue weighted by Gasteiger charge is -2.39. The summed E-state index contributed by atoms with van der Waals surface area (Å²) in [5, 5.41) is 0. The topological polar surface area (TPSA) is 29.5 Å². The largest absolute Gasteiger partial charge is 0.411 e. The molecule has 0 aliphatic carbocycles. The number of thioether (sulfide) groups is 1. The van der Waals surface area contributed by atoms with Gasteiger partial charge >= 0.3 is 6.18 Å². The fourth-order valence-corrected chi connectivity index (χ4v) is 2.77. The van der Waals surface area contributed by atoms with Gasteiger partial charge in [-0.2, -0.15) is 13.2 Å². The number of carbonyl (C=O) groups is 1. The molecule has 2 rings (SSSR count). The number of alkyl halides is 3. The minimum absolute atomic E-state index is 0.0530. The van der Waals surface area contributed by atoms with E-state index >= 15 is 0 Å². The normalized spacial score (nSPS) is 15.9. The minimum Gasteiger partial charge on any atom is -0.365 e. The highest BCUT2D eigenvalue weighted by atomic mass is 32.2. The van der Waals surface area contributed by atoms with Crippen molar-refractivity contribution < 1.29 is 22.7 Å². The Labute approximate surface area is 125 Å². The standard InChI is InChI=1S/C14H16F3NO2S/c15-14(16,17)10-20-12-6-18(7-12)13(19)9-21-8-11-4-2-1-3-5-11/h1-5,12H,6-10H2. The molecule has 1 heterocycles. The Morgan fingerprint density at radius 1 is 1.29 bits per heavy atom. The maximum Gasteiger partial charge on any atom is 0.411 e. The highest BCUT2D eigenvalue weighted by Crippen LogP contribution is 2.20. The lowest BCUT2D eigenvalue weighted by atomic mass is 10.2. The van der Waals surface area contributed by atoms with Gasteiger partial charge in [0.25, 0.3) is 0 Å². The number of rotatable bonds is 6. The summed E-state index contributed by atoms with van der Waals surface area (Å²) in [5.74, 6) is 1.03. The number of amides is 1. The summed E-state index contributed by atoms with van der Waals surface area (Å²) in [5.41, 5.74) is 1.14. The summed E-state index contributed by atoms with van der Waals surface area (Å²) >= 11 is 1.50. The molecule has 0 bridgehead atoms. The van der Waals surface area contributed by atoms with Crippen molar-refractivity contribution in [1.82, 2.24) is 4.90 Å². The van der Waals surface area contributed by atoms with Crippen LogP contribution in [0.25, 0.3) is 0 Å². The van der Waals surface area contributed by atoms with E-state index in [-0.39, 0.29) is 19.0 Å². The minimum atomic E-state index is -4.31. The molecule has 1 aliphatic rings. The van der Waals surface area contributed by atoms with Crippen molar-refractivity contribution >= 4 is 17.7 Å². The van der Waals surface area contributed by atoms with Crippen LogP contribution in [0, 0.1) is 0 Å². The van der Waals surface area contributed by atoms with Gasteiger partial charge in [0, 0.05) is 18.8 Å². The summed E-state index contributed by atoms with van der Waals surface area (Å²) in [6, 6.07) is 9.79. The average molecular weight is 319 g/mol. The first-order valence-electron chi connectivity index (χ1n) is 6.52. The molecule has 116 valence electrons. The molecule has 0 spiro atoms. The number of carbonyl (C=O) groups excluding carboxylic acids is 1. The van der Waals surface area contributed by atoms with Crippen LogP contribution in [-0.4, -0.2) is 48.5 Å². The maximum absolute atomic E-state index is 12.0. The quantitative estimate of drug-likeness (QED) is 0.807. The van der Waals surface area contributed by atoms with E-state index in [1.54, 1.807) is 0 Å². The smallest absolute Gasteiger partial charge is 0.365 e. The first kappa shape index (κ1) is 16.2. The van der Waals surface area contributed by atoms with Gasteiger partial charge in [-0.3, -0.25) is 4.79 Å². The van der Waals surface area contributed by atoms with Crippen LogP contribution in [0.2, 0.25) is 0 Å². The highest BCUT2D eigenvalue weighted by molar-refractivity contribution is 7.99. The molecule has 21 heavy (non-hydrogen) atoms. The molecule has 7 heteroatoms. The maximum atomic E-state index is 12.0. The van der Waals surface area contributed by atoms with E-state index in [2.05, 4.69) is 4.74 Å². The summed E-state index contributed by atoms with van der Waals surface area (Å²) < 4.78 is 40.5. The Balaban J connectivity index is 1.59. The summed E-state index contributed by atoms with van der Waals surface area (Å²) in [7, 11) is 0. The Morgan fingerprint density at radius 3 is 2.57 bits per heavy atom. The zero-order chi connectivity index (χ0) is 15.3. The van der Waals surface area contributed by atoms with E-state index in [1.165, 1.54) is 16.7 Å². The van der Waals surface area contributed by atoms with E-state index in [0.29, 0.717) is 5.75 Å². The van der Waals surface area contributed by atoms with E-state index < -0.39 is 18.9 Å². The van der Waals surface area contributed by atoms with Crippen molar-refractivity contribution in [2.75, 3.05) is 25.4 Å². The highest BCUT2D eigenvalue weighted by Gasteiger charge is 2.35. The monoisotopic (exact) mass is 319 g/mol. The van der Waals surface area contributed by atoms with Crippen LogP contribution in [0.5, 0.6) is 0 Å². The van der Waals surface area contributed by atoms with Crippen LogP contribution in [0.1, 0.15) is 5.56 Å². The van der Waals surface area contributed by atoms with Crippen LogP contribution < -0.4 is 0 Å². The zero-order valence-electron chi connectivity index (χ0n) is 11.3. The van der Waals surface area contributed by atoms with Gasteiger partial charge in [-0.1, -0.05) is 30.3 Å². The Kier molecular flexibility index (Phi) is 5.52. The molecule has 0 saturated carbocycles. The fraction of sp³-hybridized carbons (Fsp3) is 0.500. The SMILES string of the molecule is O=C(CSCc1ccccc1)N1CC(OCC(F)(F)F)C1. The average Bonchev–Trinajstić information content (AvgIpc) is 2.36. The van der Waals surface area contributed by atoms with Crippen molar-refractivity contribution in [3.05, 3.63) is 35.9 Å². The van der Waals surface area contributed by atoms with Gasteiger partial charge < -0.3 is 9.64 Å². The molecular weight excluding hydrogens is 303 g/mol. The second-order valence-corrected chi connectivity index (χ2v) is 5.81. The molecule has 1 aromatic rings. The van der Waals surface area contributed by atoms with Crippen LogP contribution in [-0.2, 0) is 15.3 Å². The molecule has 0 unspecified atom stereocenters. The molecule has 0 N–H and O–H groups in total. The Hall–Kier alpha value is -1.21.